The number of hydrogen-bond acceptors (Lipinski definition) is 5. The van der Waals surface area contributed by atoms with Gasteiger partial charge in [-0.05, 0) is 51.0 Å². The van der Waals surface area contributed by atoms with Gasteiger partial charge in [0.1, 0.15) is 17.3 Å². The fraction of sp³-hybridized carbons (Fsp3) is 0.556. The van der Waals surface area contributed by atoms with Gasteiger partial charge in [-0.25, -0.2) is 8.42 Å². The van der Waals surface area contributed by atoms with E-state index in [2.05, 4.69) is 5.32 Å². The number of nitrogens with zero attached hydrogens (tertiary/aromatic N) is 2. The van der Waals surface area contributed by atoms with Crippen LogP contribution in [0.1, 0.15) is 26.7 Å². The smallest absolute Gasteiger partial charge is 0.245 e. The quantitative estimate of drug-likeness (QED) is 0.805. The van der Waals surface area contributed by atoms with E-state index in [1.54, 1.807) is 26.0 Å². The Hall–Kier alpha value is -2.13. The van der Waals surface area contributed by atoms with Crippen molar-refractivity contribution < 1.29 is 22.7 Å². The normalized spacial score (nSPS) is 23.1. The van der Waals surface area contributed by atoms with Crippen LogP contribution in [0.25, 0.3) is 0 Å². The van der Waals surface area contributed by atoms with Gasteiger partial charge in [0, 0.05) is 19.6 Å². The van der Waals surface area contributed by atoms with Crippen molar-refractivity contribution in [2.24, 2.45) is 0 Å². The van der Waals surface area contributed by atoms with E-state index in [9.17, 15) is 18.0 Å². The molecule has 27 heavy (non-hydrogen) atoms. The van der Waals surface area contributed by atoms with E-state index in [4.69, 9.17) is 4.74 Å². The lowest BCUT2D eigenvalue weighted by Crippen LogP contribution is -2.65. The van der Waals surface area contributed by atoms with Crippen LogP contribution in [0.5, 0.6) is 5.75 Å². The van der Waals surface area contributed by atoms with Gasteiger partial charge in [-0.3, -0.25) is 9.59 Å². The monoisotopic (exact) mass is 395 g/mol. The van der Waals surface area contributed by atoms with Crippen LogP contribution in [0.2, 0.25) is 0 Å². The van der Waals surface area contributed by atoms with Crippen molar-refractivity contribution in [3.8, 4) is 5.75 Å². The Balaban J connectivity index is 1.87. The minimum absolute atomic E-state index is 0.124. The first kappa shape index (κ1) is 19.6. The number of hydrogen-bond donors (Lipinski definition) is 1. The average molecular weight is 395 g/mol. The third-order valence-electron chi connectivity index (χ3n) is 5.27. The summed E-state index contributed by atoms with van der Waals surface area (Å²) in [5.74, 6) is 0.0122. The fourth-order valence-corrected chi connectivity index (χ4v) is 5.27. The third kappa shape index (κ3) is 3.41. The molecule has 1 N–H and O–H groups in total. The van der Waals surface area contributed by atoms with E-state index >= 15 is 0 Å². The second kappa shape index (κ2) is 7.12. The van der Waals surface area contributed by atoms with E-state index in [1.807, 2.05) is 0 Å². The summed E-state index contributed by atoms with van der Waals surface area (Å²) < 4.78 is 32.5. The Kier molecular flexibility index (Phi) is 5.18. The van der Waals surface area contributed by atoms with Gasteiger partial charge in [-0.2, -0.15) is 4.31 Å². The molecule has 148 valence electrons. The van der Waals surface area contributed by atoms with Crippen LogP contribution in [-0.2, 0) is 19.6 Å². The van der Waals surface area contributed by atoms with Gasteiger partial charge in [-0.15, -0.1) is 0 Å². The van der Waals surface area contributed by atoms with Crippen molar-refractivity contribution in [1.82, 2.24) is 14.5 Å². The minimum Gasteiger partial charge on any atom is -0.497 e. The number of nitrogens with one attached hydrogen (secondary N) is 1. The first-order valence-electron chi connectivity index (χ1n) is 8.95. The van der Waals surface area contributed by atoms with Gasteiger partial charge < -0.3 is 15.0 Å². The first-order valence-corrected chi connectivity index (χ1v) is 10.4. The van der Waals surface area contributed by atoms with Crippen molar-refractivity contribution >= 4 is 21.8 Å². The predicted octanol–water partition coefficient (Wildman–Crippen LogP) is 0.585. The van der Waals surface area contributed by atoms with Gasteiger partial charge in [0.15, 0.2) is 0 Å². The number of rotatable bonds is 4. The number of piperazine rings is 1. The zero-order valence-electron chi connectivity index (χ0n) is 15.8. The molecule has 2 amide bonds. The molecule has 1 aromatic rings. The maximum Gasteiger partial charge on any atom is 0.245 e. The molecular weight excluding hydrogens is 370 g/mol. The van der Waals surface area contributed by atoms with Crippen molar-refractivity contribution in [3.05, 3.63) is 24.3 Å². The zero-order chi connectivity index (χ0) is 19.8. The van der Waals surface area contributed by atoms with Gasteiger partial charge in [0.25, 0.3) is 0 Å². The number of benzene rings is 1. The molecular formula is C18H25N3O5S. The third-order valence-corrected chi connectivity index (χ3v) is 7.19. The van der Waals surface area contributed by atoms with Crippen LogP contribution >= 0.6 is 0 Å². The lowest BCUT2D eigenvalue weighted by Gasteiger charge is -2.43. The molecule has 1 unspecified atom stereocenters. The van der Waals surface area contributed by atoms with E-state index in [-0.39, 0.29) is 23.3 Å². The van der Waals surface area contributed by atoms with E-state index in [1.165, 1.54) is 28.4 Å². The highest BCUT2D eigenvalue weighted by Gasteiger charge is 2.47. The molecule has 2 fully saturated rings. The molecule has 0 aliphatic carbocycles. The fourth-order valence-electron chi connectivity index (χ4n) is 3.62. The zero-order valence-corrected chi connectivity index (χ0v) is 16.6. The topological polar surface area (TPSA) is 96.0 Å². The molecule has 2 heterocycles. The molecule has 9 heteroatoms. The second-order valence-corrected chi connectivity index (χ2v) is 9.14. The maximum absolute atomic E-state index is 13.2. The van der Waals surface area contributed by atoms with Gasteiger partial charge in [0.05, 0.1) is 12.0 Å². The summed E-state index contributed by atoms with van der Waals surface area (Å²) in [5.41, 5.74) is -1.01. The van der Waals surface area contributed by atoms with E-state index < -0.39 is 21.6 Å². The van der Waals surface area contributed by atoms with Crippen molar-refractivity contribution in [2.45, 2.75) is 43.2 Å². The van der Waals surface area contributed by atoms with Crippen LogP contribution in [0.15, 0.2) is 29.2 Å². The van der Waals surface area contributed by atoms with E-state index in [0.717, 1.165) is 0 Å². The summed E-state index contributed by atoms with van der Waals surface area (Å²) in [6.07, 6.45) is 1.05. The summed E-state index contributed by atoms with van der Waals surface area (Å²) >= 11 is 0. The van der Waals surface area contributed by atoms with Crippen LogP contribution in [0, 0.1) is 0 Å². The molecule has 1 atom stereocenters. The molecule has 0 saturated carbocycles. The number of amides is 2. The number of methoxy groups -OCH3 is 1. The molecule has 2 aliphatic heterocycles. The minimum atomic E-state index is -3.82. The van der Waals surface area contributed by atoms with Crippen LogP contribution in [-0.4, -0.2) is 67.8 Å². The average Bonchev–Trinajstić information content (AvgIpc) is 3.14. The SMILES string of the molecule is COc1ccc(S(=O)(=O)N2CCCC2C(=O)N2CCNC(=O)C2(C)C)cc1. The predicted molar refractivity (Wildman–Crippen MR) is 98.7 cm³/mol. The van der Waals surface area contributed by atoms with Gasteiger partial charge >= 0.3 is 0 Å². The summed E-state index contributed by atoms with van der Waals surface area (Å²) in [6, 6.07) is 5.33. The summed E-state index contributed by atoms with van der Waals surface area (Å²) in [7, 11) is -2.31. The Bertz CT molecular complexity index is 835. The van der Waals surface area contributed by atoms with Gasteiger partial charge in [-0.1, -0.05) is 0 Å². The summed E-state index contributed by atoms with van der Waals surface area (Å²) in [5, 5.41) is 2.75. The highest BCUT2D eigenvalue weighted by Crippen LogP contribution is 2.30. The highest BCUT2D eigenvalue weighted by molar-refractivity contribution is 7.89. The maximum atomic E-state index is 13.2. The lowest BCUT2D eigenvalue weighted by atomic mass is 9.97. The van der Waals surface area contributed by atoms with Gasteiger partial charge in [0.2, 0.25) is 21.8 Å². The molecule has 0 spiro atoms. The van der Waals surface area contributed by atoms with E-state index in [0.29, 0.717) is 31.7 Å². The molecule has 2 aliphatic rings. The van der Waals surface area contributed by atoms with Crippen LogP contribution < -0.4 is 10.1 Å². The largest absolute Gasteiger partial charge is 0.497 e. The number of sulfonamides is 1. The standard InChI is InChI=1S/C18H25N3O5S/c1-18(2)17(23)19-10-12-20(18)16(22)15-5-4-11-21(15)27(24,25)14-8-6-13(26-3)7-9-14/h6-9,15H,4-5,10-12H2,1-3H3,(H,19,23). The van der Waals surface area contributed by atoms with Crippen molar-refractivity contribution in [2.75, 3.05) is 26.7 Å². The number of carbonyl (C=O) groups excluding carboxylic acids is 2. The molecule has 0 radical (unpaired) electrons. The number of carbonyl (C=O) groups is 2. The Morgan fingerprint density at radius 2 is 1.89 bits per heavy atom. The Labute approximate surface area is 159 Å². The van der Waals surface area contributed by atoms with Crippen molar-refractivity contribution in [3.63, 3.8) is 0 Å². The molecule has 2 saturated heterocycles. The summed E-state index contributed by atoms with van der Waals surface area (Å²) in [4.78, 5) is 26.9. The Morgan fingerprint density at radius 1 is 1.22 bits per heavy atom. The summed E-state index contributed by atoms with van der Waals surface area (Å²) in [6.45, 7) is 4.37. The molecule has 0 bridgehead atoms. The molecule has 1 aromatic carbocycles. The first-order chi connectivity index (χ1) is 12.7. The molecule has 3 rings (SSSR count). The van der Waals surface area contributed by atoms with Crippen molar-refractivity contribution in [1.29, 1.82) is 0 Å². The Morgan fingerprint density at radius 3 is 2.52 bits per heavy atom. The van der Waals surface area contributed by atoms with Crippen LogP contribution in [0.3, 0.4) is 0 Å². The lowest BCUT2D eigenvalue weighted by molar-refractivity contribution is -0.151. The highest BCUT2D eigenvalue weighted by atomic mass is 32.2. The molecule has 0 aromatic heterocycles. The second-order valence-electron chi connectivity index (χ2n) is 7.25. The van der Waals surface area contributed by atoms with Crippen LogP contribution in [0.4, 0.5) is 0 Å². The molecule has 8 nitrogen and oxygen atoms in total. The number of ether oxygens (including phenoxy) is 1.